The van der Waals surface area contributed by atoms with Crippen LogP contribution in [0.15, 0.2) is 12.1 Å². The highest BCUT2D eigenvalue weighted by molar-refractivity contribution is 5.50. The van der Waals surface area contributed by atoms with Gasteiger partial charge in [0.25, 0.3) is 0 Å². The third-order valence-electron chi connectivity index (χ3n) is 3.06. The molecule has 4 nitrogen and oxygen atoms in total. The van der Waals surface area contributed by atoms with E-state index in [0.29, 0.717) is 6.79 Å². The molecule has 0 fully saturated rings. The van der Waals surface area contributed by atoms with Crippen molar-refractivity contribution in [2.45, 2.75) is 12.5 Å². The van der Waals surface area contributed by atoms with E-state index >= 15 is 0 Å². The van der Waals surface area contributed by atoms with Crippen LogP contribution in [-0.2, 0) is 11.2 Å². The second-order valence-electron chi connectivity index (χ2n) is 4.07. The number of ether oxygens (including phenoxy) is 3. The Morgan fingerprint density at radius 1 is 1.31 bits per heavy atom. The number of rotatable bonds is 2. The molecule has 3 rings (SSSR count). The predicted molar refractivity (Wildman–Crippen MR) is 58.9 cm³/mol. The maximum absolute atomic E-state index is 5.75. The number of nitrogens with one attached hydrogen (secondary N) is 1. The average Bonchev–Trinajstić information content (AvgIpc) is 2.74. The summed E-state index contributed by atoms with van der Waals surface area (Å²) in [6.07, 6.45) is 1.08. The fraction of sp³-hybridized carbons (Fsp3) is 0.500. The summed E-state index contributed by atoms with van der Waals surface area (Å²) in [5.74, 6) is 1.70. The molecule has 0 spiro atoms. The second kappa shape index (κ2) is 3.96. The molecule has 0 radical (unpaired) electrons. The Morgan fingerprint density at radius 2 is 2.12 bits per heavy atom. The van der Waals surface area contributed by atoms with Crippen molar-refractivity contribution in [3.63, 3.8) is 0 Å². The SMILES string of the molecule is CNCC1OCCc2cc3c(cc21)OCO3. The second-order valence-corrected chi connectivity index (χ2v) is 4.07. The molecule has 0 saturated heterocycles. The Labute approximate surface area is 94.5 Å². The minimum absolute atomic E-state index is 0.128. The zero-order valence-electron chi connectivity index (χ0n) is 9.29. The van der Waals surface area contributed by atoms with Crippen molar-refractivity contribution in [3.05, 3.63) is 23.3 Å². The van der Waals surface area contributed by atoms with Crippen LogP contribution in [0.5, 0.6) is 11.5 Å². The molecule has 2 aliphatic rings. The summed E-state index contributed by atoms with van der Waals surface area (Å²) in [5.41, 5.74) is 2.54. The lowest BCUT2D eigenvalue weighted by Crippen LogP contribution is -2.25. The van der Waals surface area contributed by atoms with E-state index in [1.807, 2.05) is 7.05 Å². The maximum Gasteiger partial charge on any atom is 0.231 e. The van der Waals surface area contributed by atoms with E-state index in [4.69, 9.17) is 14.2 Å². The highest BCUT2D eigenvalue weighted by Crippen LogP contribution is 2.39. The molecule has 1 N–H and O–H groups in total. The molecule has 0 bridgehead atoms. The van der Waals surface area contributed by atoms with Gasteiger partial charge in [0.15, 0.2) is 11.5 Å². The van der Waals surface area contributed by atoms with Crippen molar-refractivity contribution in [1.29, 1.82) is 0 Å². The van der Waals surface area contributed by atoms with Gasteiger partial charge in [-0.3, -0.25) is 0 Å². The van der Waals surface area contributed by atoms with Crippen LogP contribution in [0.4, 0.5) is 0 Å². The third-order valence-corrected chi connectivity index (χ3v) is 3.06. The van der Waals surface area contributed by atoms with Gasteiger partial charge in [0, 0.05) is 6.54 Å². The zero-order valence-corrected chi connectivity index (χ0v) is 9.29. The van der Waals surface area contributed by atoms with Gasteiger partial charge in [-0.05, 0) is 36.7 Å². The first-order chi connectivity index (χ1) is 7.88. The Kier molecular flexibility index (Phi) is 2.46. The fourth-order valence-corrected chi connectivity index (χ4v) is 2.27. The number of likely N-dealkylation sites (N-methyl/N-ethyl adjacent to an activating group) is 1. The van der Waals surface area contributed by atoms with Gasteiger partial charge in [0.05, 0.1) is 12.7 Å². The van der Waals surface area contributed by atoms with E-state index in [1.54, 1.807) is 0 Å². The first-order valence-corrected chi connectivity index (χ1v) is 5.57. The maximum atomic E-state index is 5.75. The van der Waals surface area contributed by atoms with Crippen LogP contribution < -0.4 is 14.8 Å². The molecule has 1 aromatic rings. The van der Waals surface area contributed by atoms with E-state index in [9.17, 15) is 0 Å². The van der Waals surface area contributed by atoms with Crippen LogP contribution in [-0.4, -0.2) is 27.0 Å². The van der Waals surface area contributed by atoms with Gasteiger partial charge in [0.1, 0.15) is 0 Å². The molecule has 2 heterocycles. The van der Waals surface area contributed by atoms with Crippen LogP contribution >= 0.6 is 0 Å². The summed E-state index contributed by atoms with van der Waals surface area (Å²) < 4.78 is 16.5. The summed E-state index contributed by atoms with van der Waals surface area (Å²) >= 11 is 0. The van der Waals surface area contributed by atoms with Crippen molar-refractivity contribution < 1.29 is 14.2 Å². The molecule has 86 valence electrons. The summed E-state index contributed by atoms with van der Waals surface area (Å²) in [6, 6.07) is 4.14. The Morgan fingerprint density at radius 3 is 2.94 bits per heavy atom. The molecule has 0 aromatic heterocycles. The minimum Gasteiger partial charge on any atom is -0.454 e. The molecular formula is C12H15NO3. The van der Waals surface area contributed by atoms with Gasteiger partial charge in [-0.25, -0.2) is 0 Å². The summed E-state index contributed by atoms with van der Waals surface area (Å²) in [5, 5.41) is 3.15. The molecule has 1 aromatic carbocycles. The lowest BCUT2D eigenvalue weighted by atomic mass is 9.96. The van der Waals surface area contributed by atoms with Crippen LogP contribution in [0.1, 0.15) is 17.2 Å². The van der Waals surface area contributed by atoms with E-state index in [2.05, 4.69) is 17.4 Å². The quantitative estimate of drug-likeness (QED) is 0.816. The van der Waals surface area contributed by atoms with E-state index in [0.717, 1.165) is 31.1 Å². The molecule has 4 heteroatoms. The molecular weight excluding hydrogens is 206 g/mol. The third kappa shape index (κ3) is 1.54. The smallest absolute Gasteiger partial charge is 0.231 e. The summed E-state index contributed by atoms with van der Waals surface area (Å²) in [4.78, 5) is 0. The standard InChI is InChI=1S/C12H15NO3/c1-13-6-12-9-5-11-10(15-7-16-11)4-8(9)2-3-14-12/h4-5,12-13H,2-3,6-7H2,1H3. The number of hydrogen-bond donors (Lipinski definition) is 1. The minimum atomic E-state index is 0.128. The molecule has 0 saturated carbocycles. The Balaban J connectivity index is 2.00. The number of fused-ring (bicyclic) bond motifs is 2. The van der Waals surface area contributed by atoms with Gasteiger partial charge in [-0.15, -0.1) is 0 Å². The van der Waals surface area contributed by atoms with Crippen LogP contribution in [0.25, 0.3) is 0 Å². The van der Waals surface area contributed by atoms with Crippen molar-refractivity contribution in [2.75, 3.05) is 27.0 Å². The largest absolute Gasteiger partial charge is 0.454 e. The molecule has 0 amide bonds. The van der Waals surface area contributed by atoms with Gasteiger partial charge in [-0.1, -0.05) is 0 Å². The summed E-state index contributed by atoms with van der Waals surface area (Å²) in [7, 11) is 1.94. The highest BCUT2D eigenvalue weighted by Gasteiger charge is 2.25. The van der Waals surface area contributed by atoms with Crippen molar-refractivity contribution in [3.8, 4) is 11.5 Å². The van der Waals surface area contributed by atoms with Gasteiger partial charge in [-0.2, -0.15) is 0 Å². The van der Waals surface area contributed by atoms with E-state index in [1.165, 1.54) is 11.1 Å². The Bertz CT molecular complexity index is 405. The Hall–Kier alpha value is -1.26. The molecule has 1 atom stereocenters. The first kappa shape index (κ1) is 9.93. The monoisotopic (exact) mass is 221 g/mol. The molecule has 0 aliphatic carbocycles. The number of hydrogen-bond acceptors (Lipinski definition) is 4. The van der Waals surface area contributed by atoms with Crippen molar-refractivity contribution in [1.82, 2.24) is 5.32 Å². The lowest BCUT2D eigenvalue weighted by molar-refractivity contribution is 0.0437. The lowest BCUT2D eigenvalue weighted by Gasteiger charge is -2.26. The normalized spacial score (nSPS) is 21.9. The van der Waals surface area contributed by atoms with Gasteiger partial charge in [0.2, 0.25) is 6.79 Å². The van der Waals surface area contributed by atoms with Crippen LogP contribution in [0, 0.1) is 0 Å². The molecule has 2 aliphatic heterocycles. The molecule has 1 unspecified atom stereocenters. The van der Waals surface area contributed by atoms with Crippen molar-refractivity contribution in [2.24, 2.45) is 0 Å². The van der Waals surface area contributed by atoms with Crippen molar-refractivity contribution >= 4 is 0 Å². The van der Waals surface area contributed by atoms with Crippen LogP contribution in [0.2, 0.25) is 0 Å². The molecule has 16 heavy (non-hydrogen) atoms. The zero-order chi connectivity index (χ0) is 11.0. The first-order valence-electron chi connectivity index (χ1n) is 5.57. The van der Waals surface area contributed by atoms with Crippen LogP contribution in [0.3, 0.4) is 0 Å². The van der Waals surface area contributed by atoms with E-state index < -0.39 is 0 Å². The summed E-state index contributed by atoms with van der Waals surface area (Å²) in [6.45, 7) is 1.93. The predicted octanol–water partition coefficient (Wildman–Crippen LogP) is 1.25. The topological polar surface area (TPSA) is 39.7 Å². The van der Waals surface area contributed by atoms with Gasteiger partial charge >= 0.3 is 0 Å². The van der Waals surface area contributed by atoms with Gasteiger partial charge < -0.3 is 19.5 Å². The number of benzene rings is 1. The van der Waals surface area contributed by atoms with E-state index in [-0.39, 0.29) is 6.10 Å². The average molecular weight is 221 g/mol. The fourth-order valence-electron chi connectivity index (χ4n) is 2.27. The highest BCUT2D eigenvalue weighted by atomic mass is 16.7.